The first-order valence-electron chi connectivity index (χ1n) is 6.15. The lowest BCUT2D eigenvalue weighted by molar-refractivity contribution is 0.197. The third-order valence-electron chi connectivity index (χ3n) is 4.39. The van der Waals surface area contributed by atoms with Gasteiger partial charge in [0, 0.05) is 8.07 Å². The summed E-state index contributed by atoms with van der Waals surface area (Å²) in [5.74, 6) is 2.03. The molecule has 2 rings (SSSR count). The summed E-state index contributed by atoms with van der Waals surface area (Å²) in [4.78, 5) is 0. The van der Waals surface area contributed by atoms with Gasteiger partial charge in [0.1, 0.15) is 0 Å². The van der Waals surface area contributed by atoms with Crippen molar-refractivity contribution < 1.29 is 0 Å². The molecular weight excluding hydrogens is 186 g/mol. The van der Waals surface area contributed by atoms with Crippen LogP contribution in [0.1, 0.15) is 25.7 Å². The Bertz CT molecular complexity index is 221. The van der Waals surface area contributed by atoms with E-state index in [4.69, 9.17) is 5.73 Å². The fraction of sp³-hybridized carbons (Fsp3) is 1.00. The zero-order valence-corrected chi connectivity index (χ0v) is 11.0. The van der Waals surface area contributed by atoms with Crippen LogP contribution in [0.25, 0.3) is 0 Å². The monoisotopic (exact) mass is 211 g/mol. The molecule has 3 unspecified atom stereocenters. The zero-order chi connectivity index (χ0) is 10.4. The van der Waals surface area contributed by atoms with Crippen molar-refractivity contribution in [2.45, 2.75) is 51.4 Å². The quantitative estimate of drug-likeness (QED) is 0.713. The number of rotatable bonds is 3. The fourth-order valence-electron chi connectivity index (χ4n) is 4.15. The largest absolute Gasteiger partial charge is 0.330 e. The van der Waals surface area contributed by atoms with Crippen LogP contribution in [-0.4, -0.2) is 14.6 Å². The molecule has 0 aromatic rings. The van der Waals surface area contributed by atoms with Crippen LogP contribution in [0.4, 0.5) is 0 Å². The van der Waals surface area contributed by atoms with Crippen LogP contribution in [-0.2, 0) is 0 Å². The van der Waals surface area contributed by atoms with E-state index < -0.39 is 8.07 Å². The minimum Gasteiger partial charge on any atom is -0.330 e. The Morgan fingerprint density at radius 3 is 2.36 bits per heavy atom. The first kappa shape index (κ1) is 10.7. The highest BCUT2D eigenvalue weighted by Crippen LogP contribution is 2.58. The summed E-state index contributed by atoms with van der Waals surface area (Å²) in [6, 6.07) is 1.47. The van der Waals surface area contributed by atoms with E-state index in [2.05, 4.69) is 19.6 Å². The number of fused-ring (bicyclic) bond motifs is 2. The molecule has 0 heterocycles. The van der Waals surface area contributed by atoms with Crippen LogP contribution in [0.3, 0.4) is 0 Å². The van der Waals surface area contributed by atoms with Crippen molar-refractivity contribution in [2.24, 2.45) is 23.0 Å². The second-order valence-corrected chi connectivity index (χ2v) is 12.4. The van der Waals surface area contributed by atoms with Gasteiger partial charge in [-0.05, 0) is 43.1 Å². The zero-order valence-electron chi connectivity index (χ0n) is 9.97. The molecule has 0 spiro atoms. The van der Waals surface area contributed by atoms with Gasteiger partial charge in [0.2, 0.25) is 0 Å². The highest BCUT2D eigenvalue weighted by atomic mass is 28.3. The standard InChI is InChI=1S/C12H25NSi/c1-14(2,3)9-12(8-13)7-10-4-5-11(12)6-10/h10-11H,4-9,13H2,1-3H3. The predicted octanol–water partition coefficient (Wildman–Crippen LogP) is 3.09. The molecule has 2 saturated carbocycles. The molecule has 1 nitrogen and oxygen atoms in total. The summed E-state index contributed by atoms with van der Waals surface area (Å²) < 4.78 is 0. The molecule has 14 heavy (non-hydrogen) atoms. The van der Waals surface area contributed by atoms with E-state index in [0.29, 0.717) is 5.41 Å². The molecule has 2 aliphatic carbocycles. The van der Waals surface area contributed by atoms with Gasteiger partial charge in [0.15, 0.2) is 0 Å². The number of hydrogen-bond donors (Lipinski definition) is 1. The molecule has 0 aliphatic heterocycles. The lowest BCUT2D eigenvalue weighted by atomic mass is 9.74. The van der Waals surface area contributed by atoms with Crippen LogP contribution in [0.15, 0.2) is 0 Å². The maximum absolute atomic E-state index is 6.08. The van der Waals surface area contributed by atoms with E-state index in [9.17, 15) is 0 Å². The summed E-state index contributed by atoms with van der Waals surface area (Å²) in [5.41, 5.74) is 6.66. The molecule has 0 amide bonds. The van der Waals surface area contributed by atoms with Crippen molar-refractivity contribution in [3.8, 4) is 0 Å². The molecule has 2 N–H and O–H groups in total. The van der Waals surface area contributed by atoms with Gasteiger partial charge >= 0.3 is 0 Å². The topological polar surface area (TPSA) is 26.0 Å². The van der Waals surface area contributed by atoms with E-state index >= 15 is 0 Å². The van der Waals surface area contributed by atoms with Crippen LogP contribution in [0.5, 0.6) is 0 Å². The maximum Gasteiger partial charge on any atom is 0.0448 e. The summed E-state index contributed by atoms with van der Waals surface area (Å²) in [5, 5.41) is 0. The van der Waals surface area contributed by atoms with E-state index in [1.165, 1.54) is 31.7 Å². The van der Waals surface area contributed by atoms with E-state index in [0.717, 1.165) is 18.4 Å². The molecule has 2 bridgehead atoms. The Hall–Kier alpha value is 0.177. The van der Waals surface area contributed by atoms with Gasteiger partial charge in [-0.2, -0.15) is 0 Å². The van der Waals surface area contributed by atoms with E-state index in [1.807, 2.05) is 0 Å². The van der Waals surface area contributed by atoms with Gasteiger partial charge < -0.3 is 5.73 Å². The first-order valence-corrected chi connectivity index (χ1v) is 9.86. The molecule has 82 valence electrons. The Morgan fingerprint density at radius 2 is 2.00 bits per heavy atom. The van der Waals surface area contributed by atoms with Crippen LogP contribution in [0, 0.1) is 17.3 Å². The Labute approximate surface area is 89.5 Å². The average Bonchev–Trinajstić information content (AvgIpc) is 2.60. The Morgan fingerprint density at radius 1 is 1.29 bits per heavy atom. The van der Waals surface area contributed by atoms with Crippen molar-refractivity contribution in [1.29, 1.82) is 0 Å². The average molecular weight is 211 g/mol. The second kappa shape index (κ2) is 3.34. The SMILES string of the molecule is C[Si](C)(C)CC1(CN)CC2CCC1C2. The summed E-state index contributed by atoms with van der Waals surface area (Å²) in [6.45, 7) is 8.45. The predicted molar refractivity (Wildman–Crippen MR) is 65.1 cm³/mol. The van der Waals surface area contributed by atoms with Gasteiger partial charge in [0.25, 0.3) is 0 Å². The molecular formula is C12H25NSi. The molecule has 0 aromatic heterocycles. The van der Waals surface area contributed by atoms with Crippen LogP contribution >= 0.6 is 0 Å². The minimum absolute atomic E-state index is 0.577. The second-order valence-electron chi connectivity index (χ2n) is 6.88. The van der Waals surface area contributed by atoms with Gasteiger partial charge in [-0.25, -0.2) is 0 Å². The highest BCUT2D eigenvalue weighted by molar-refractivity contribution is 6.76. The van der Waals surface area contributed by atoms with Crippen molar-refractivity contribution in [3.05, 3.63) is 0 Å². The van der Waals surface area contributed by atoms with E-state index in [1.54, 1.807) is 0 Å². The molecule has 0 radical (unpaired) electrons. The lowest BCUT2D eigenvalue weighted by Crippen LogP contribution is -2.41. The molecule has 2 fully saturated rings. The molecule has 3 atom stereocenters. The maximum atomic E-state index is 6.08. The van der Waals surface area contributed by atoms with Gasteiger partial charge in [-0.15, -0.1) is 0 Å². The van der Waals surface area contributed by atoms with Crippen molar-refractivity contribution >= 4 is 8.07 Å². The summed E-state index contributed by atoms with van der Waals surface area (Å²) in [7, 11) is -0.933. The van der Waals surface area contributed by atoms with Crippen molar-refractivity contribution in [3.63, 3.8) is 0 Å². The van der Waals surface area contributed by atoms with Crippen LogP contribution < -0.4 is 5.73 Å². The van der Waals surface area contributed by atoms with Crippen molar-refractivity contribution in [2.75, 3.05) is 6.54 Å². The summed E-state index contributed by atoms with van der Waals surface area (Å²) in [6.07, 6.45) is 5.94. The van der Waals surface area contributed by atoms with Gasteiger partial charge in [-0.1, -0.05) is 32.1 Å². The van der Waals surface area contributed by atoms with Gasteiger partial charge in [-0.3, -0.25) is 0 Å². The molecule has 0 saturated heterocycles. The summed E-state index contributed by atoms with van der Waals surface area (Å²) >= 11 is 0. The third-order valence-corrected chi connectivity index (χ3v) is 6.16. The minimum atomic E-state index is -0.933. The van der Waals surface area contributed by atoms with E-state index in [-0.39, 0.29) is 0 Å². The molecule has 2 aliphatic rings. The Kier molecular flexibility index (Phi) is 2.55. The number of hydrogen-bond acceptors (Lipinski definition) is 1. The fourth-order valence-corrected chi connectivity index (χ4v) is 6.84. The normalized spacial score (nSPS) is 42.0. The van der Waals surface area contributed by atoms with Gasteiger partial charge in [0.05, 0.1) is 0 Å². The smallest absolute Gasteiger partial charge is 0.0448 e. The number of nitrogens with two attached hydrogens (primary N) is 1. The Balaban J connectivity index is 2.11. The van der Waals surface area contributed by atoms with Crippen molar-refractivity contribution in [1.82, 2.24) is 0 Å². The van der Waals surface area contributed by atoms with Crippen LogP contribution in [0.2, 0.25) is 25.7 Å². The molecule has 0 aromatic carbocycles. The molecule has 2 heteroatoms. The highest BCUT2D eigenvalue weighted by Gasteiger charge is 2.51. The lowest BCUT2D eigenvalue weighted by Gasteiger charge is -2.41. The third kappa shape index (κ3) is 1.79. The first-order chi connectivity index (χ1) is 6.45.